The van der Waals surface area contributed by atoms with Gasteiger partial charge in [0.1, 0.15) is 6.10 Å². The predicted octanol–water partition coefficient (Wildman–Crippen LogP) is 1.34. The van der Waals surface area contributed by atoms with Crippen molar-refractivity contribution >= 4 is 23.6 Å². The first kappa shape index (κ1) is 40.5. The van der Waals surface area contributed by atoms with Crippen LogP contribution in [0, 0.1) is 11.8 Å². The summed E-state index contributed by atoms with van der Waals surface area (Å²) >= 11 is 0. The third kappa shape index (κ3) is 12.4. The lowest BCUT2D eigenvalue weighted by Crippen LogP contribution is -2.38. The maximum atomic E-state index is 13.8. The van der Waals surface area contributed by atoms with Crippen LogP contribution in [-0.2, 0) is 38.1 Å². The average Bonchev–Trinajstić information content (AvgIpc) is 3.04. The standard InChI is InChI=1S/C34H52N4O10/c1-20-16-24-29(37-11-13-47-15-14-46-12-10-35)26(39)19-25(31(24)41)38-33(42)21(2)8-7-9-27(44-5)32(48-34(36)43)23(4)18-22(3)30(40)28(17-20)45-6/h7-9,18-20,22,27-28,30,32,37,40H,10-17,35H2,1-6H3,(H2,36,43)(H,38,42)/b9-7-,21-8+,23-18+/t20-,22+,27?,28+,30-,32+/m0/s1. The summed E-state index contributed by atoms with van der Waals surface area (Å²) in [5.74, 6) is -2.26. The Morgan fingerprint density at radius 3 is 2.38 bits per heavy atom. The second kappa shape index (κ2) is 20.6. The maximum Gasteiger partial charge on any atom is 0.405 e. The van der Waals surface area contributed by atoms with Crippen molar-refractivity contribution in [2.24, 2.45) is 23.3 Å². The molecule has 1 unspecified atom stereocenters. The van der Waals surface area contributed by atoms with Gasteiger partial charge in [-0.2, -0.15) is 0 Å². The van der Waals surface area contributed by atoms with Gasteiger partial charge in [-0.15, -0.1) is 0 Å². The molecule has 14 heteroatoms. The number of nitrogens with two attached hydrogens (primary N) is 2. The number of primary amides is 1. The molecule has 0 saturated heterocycles. The zero-order valence-electron chi connectivity index (χ0n) is 28.8. The Kier molecular flexibility index (Phi) is 17.4. The Bertz CT molecular complexity index is 1290. The van der Waals surface area contributed by atoms with Crippen LogP contribution in [0.2, 0.25) is 0 Å². The van der Waals surface area contributed by atoms with Gasteiger partial charge in [0.05, 0.1) is 50.0 Å². The van der Waals surface area contributed by atoms with E-state index in [0.29, 0.717) is 38.4 Å². The van der Waals surface area contributed by atoms with Gasteiger partial charge in [-0.3, -0.25) is 14.4 Å². The highest BCUT2D eigenvalue weighted by atomic mass is 16.6. The molecule has 1 aliphatic carbocycles. The van der Waals surface area contributed by atoms with Crippen LogP contribution < -0.4 is 22.1 Å². The SMILES string of the molecule is COC1/C=C\C=C(/C)C(=O)NC2=CC(=O)C(NCCOCCOCCN)=C(C[C@H](C)C[C@@H](OC)[C@@H](O)[C@H](C)/C=C(\C)[C@H]1OC(N)=O)C2=O. The van der Waals surface area contributed by atoms with Crippen LogP contribution >= 0.6 is 0 Å². The minimum atomic E-state index is -1.01. The Morgan fingerprint density at radius 1 is 1.06 bits per heavy atom. The predicted molar refractivity (Wildman–Crippen MR) is 178 cm³/mol. The second-order valence-corrected chi connectivity index (χ2v) is 11.9. The summed E-state index contributed by atoms with van der Waals surface area (Å²) in [6.07, 6.45) is 3.61. The van der Waals surface area contributed by atoms with Gasteiger partial charge in [-0.25, -0.2) is 4.79 Å². The first-order valence-corrected chi connectivity index (χ1v) is 16.0. The number of fused-ring (bicyclic) bond motifs is 2. The van der Waals surface area contributed by atoms with Crippen molar-refractivity contribution in [3.8, 4) is 0 Å². The van der Waals surface area contributed by atoms with E-state index in [2.05, 4.69) is 10.6 Å². The minimum Gasteiger partial charge on any atom is -0.439 e. The van der Waals surface area contributed by atoms with E-state index in [1.807, 2.05) is 6.92 Å². The Hall–Kier alpha value is -3.66. The van der Waals surface area contributed by atoms with Gasteiger partial charge in [-0.1, -0.05) is 38.2 Å². The third-order valence-electron chi connectivity index (χ3n) is 7.98. The fourth-order valence-electron chi connectivity index (χ4n) is 5.43. The first-order valence-electron chi connectivity index (χ1n) is 16.0. The van der Waals surface area contributed by atoms with Crippen molar-refractivity contribution < 1.29 is 48.0 Å². The highest BCUT2D eigenvalue weighted by molar-refractivity contribution is 6.23. The Balaban J connectivity index is 2.47. The number of aliphatic hydroxyl groups is 1. The number of Topliss-reactive ketones (excluding diaryl/α,β-unsaturated/α-hetero) is 1. The lowest BCUT2D eigenvalue weighted by atomic mass is 9.85. The van der Waals surface area contributed by atoms with Crippen molar-refractivity contribution in [1.82, 2.24) is 10.6 Å². The van der Waals surface area contributed by atoms with E-state index in [1.165, 1.54) is 20.3 Å². The largest absolute Gasteiger partial charge is 0.439 e. The number of ketones is 2. The summed E-state index contributed by atoms with van der Waals surface area (Å²) in [6, 6.07) is 0. The molecule has 0 aromatic rings. The number of hydrogen-bond acceptors (Lipinski definition) is 12. The molecule has 14 nitrogen and oxygen atoms in total. The van der Waals surface area contributed by atoms with Crippen molar-refractivity contribution in [1.29, 1.82) is 0 Å². The topological polar surface area (TPSA) is 211 Å². The summed E-state index contributed by atoms with van der Waals surface area (Å²) in [5, 5.41) is 16.9. The van der Waals surface area contributed by atoms with Crippen LogP contribution in [-0.4, -0.2) is 107 Å². The molecule has 0 aromatic heterocycles. The number of hydrogen-bond donors (Lipinski definition) is 5. The molecule has 48 heavy (non-hydrogen) atoms. The Morgan fingerprint density at radius 2 is 1.75 bits per heavy atom. The maximum absolute atomic E-state index is 13.8. The second-order valence-electron chi connectivity index (χ2n) is 11.9. The summed E-state index contributed by atoms with van der Waals surface area (Å²) in [5.41, 5.74) is 11.8. The molecule has 0 radical (unpaired) electrons. The van der Waals surface area contributed by atoms with E-state index < -0.39 is 53.9 Å². The molecule has 6 atom stereocenters. The van der Waals surface area contributed by atoms with Crippen molar-refractivity contribution in [2.75, 3.05) is 53.7 Å². The number of amides is 2. The molecule has 2 bridgehead atoms. The van der Waals surface area contributed by atoms with Crippen LogP contribution in [0.3, 0.4) is 0 Å². The minimum absolute atomic E-state index is 0.126. The summed E-state index contributed by atoms with van der Waals surface area (Å²) in [6.45, 7) is 9.03. The van der Waals surface area contributed by atoms with E-state index in [-0.39, 0.29) is 48.0 Å². The van der Waals surface area contributed by atoms with Crippen molar-refractivity contribution in [3.05, 3.63) is 58.5 Å². The smallest absolute Gasteiger partial charge is 0.405 e. The first-order chi connectivity index (χ1) is 22.8. The average molecular weight is 677 g/mol. The summed E-state index contributed by atoms with van der Waals surface area (Å²) in [4.78, 5) is 52.0. The molecule has 0 aromatic carbocycles. The van der Waals surface area contributed by atoms with Gasteiger partial charge < -0.3 is 50.9 Å². The number of aliphatic hydroxyl groups excluding tert-OH is 1. The highest BCUT2D eigenvalue weighted by Crippen LogP contribution is 2.28. The van der Waals surface area contributed by atoms with Crippen LogP contribution in [0.15, 0.2) is 58.5 Å². The number of carbonyl (C=O) groups is 4. The number of nitrogens with one attached hydrogen (secondary N) is 2. The number of allylic oxidation sites excluding steroid dienone is 4. The zero-order valence-corrected chi connectivity index (χ0v) is 28.8. The fraction of sp³-hybridized carbons (Fsp3) is 0.588. The van der Waals surface area contributed by atoms with Gasteiger partial charge in [-0.05, 0) is 38.2 Å². The molecule has 0 fully saturated rings. The van der Waals surface area contributed by atoms with Crippen LogP contribution in [0.5, 0.6) is 0 Å². The number of methoxy groups -OCH3 is 2. The van der Waals surface area contributed by atoms with E-state index in [1.54, 1.807) is 39.0 Å². The summed E-state index contributed by atoms with van der Waals surface area (Å²) in [7, 11) is 2.91. The van der Waals surface area contributed by atoms with Gasteiger partial charge in [0.25, 0.3) is 5.91 Å². The van der Waals surface area contributed by atoms with E-state index >= 15 is 0 Å². The van der Waals surface area contributed by atoms with Crippen LogP contribution in [0.25, 0.3) is 0 Å². The molecular weight excluding hydrogens is 624 g/mol. The molecule has 1 heterocycles. The molecule has 2 aliphatic rings. The van der Waals surface area contributed by atoms with Gasteiger partial charge in [0.2, 0.25) is 11.6 Å². The molecule has 2 rings (SSSR count). The quantitative estimate of drug-likeness (QED) is 0.113. The molecular formula is C34H52N4O10. The van der Waals surface area contributed by atoms with E-state index in [4.69, 9.17) is 35.2 Å². The van der Waals surface area contributed by atoms with Gasteiger partial charge in [0.15, 0.2) is 6.10 Å². The summed E-state index contributed by atoms with van der Waals surface area (Å²) < 4.78 is 27.5. The number of ether oxygens (including phenoxy) is 5. The monoisotopic (exact) mass is 676 g/mol. The third-order valence-corrected chi connectivity index (χ3v) is 7.98. The van der Waals surface area contributed by atoms with Crippen molar-refractivity contribution in [2.45, 2.75) is 65.0 Å². The molecule has 0 spiro atoms. The molecule has 0 saturated carbocycles. The number of rotatable bonds is 12. The highest BCUT2D eigenvalue weighted by Gasteiger charge is 2.33. The van der Waals surface area contributed by atoms with Gasteiger partial charge in [0, 0.05) is 50.4 Å². The molecule has 1 aliphatic heterocycles. The molecule has 268 valence electrons. The van der Waals surface area contributed by atoms with Crippen molar-refractivity contribution in [3.63, 3.8) is 0 Å². The lowest BCUT2D eigenvalue weighted by Gasteiger charge is -2.30. The van der Waals surface area contributed by atoms with Gasteiger partial charge >= 0.3 is 6.09 Å². The molecule has 7 N–H and O–H groups in total. The fourth-order valence-corrected chi connectivity index (χ4v) is 5.43. The van der Waals surface area contributed by atoms with Crippen LogP contribution in [0.4, 0.5) is 4.79 Å². The van der Waals surface area contributed by atoms with Crippen LogP contribution in [0.1, 0.15) is 40.5 Å². The Labute approximate surface area is 282 Å². The molecule has 2 amide bonds. The van der Waals surface area contributed by atoms with E-state index in [9.17, 15) is 24.3 Å². The lowest BCUT2D eigenvalue weighted by molar-refractivity contribution is -0.120. The number of carbonyl (C=O) groups excluding carboxylic acids is 4. The van der Waals surface area contributed by atoms with E-state index in [0.717, 1.165) is 6.08 Å². The normalized spacial score (nSPS) is 29.2. The zero-order chi connectivity index (χ0) is 35.8.